The monoisotopic (exact) mass is 294 g/mol. The molecule has 0 saturated heterocycles. The molecule has 2 nitrogen and oxygen atoms in total. The molecule has 0 aliphatic heterocycles. The van der Waals surface area contributed by atoms with Crippen LogP contribution in [-0.4, -0.2) is 10.1 Å². The smallest absolute Gasteiger partial charge is 0.141 e. The van der Waals surface area contributed by atoms with E-state index in [-0.39, 0.29) is 16.4 Å². The van der Waals surface area contributed by atoms with Crippen LogP contribution in [0.25, 0.3) is 0 Å². The Labute approximate surface area is 124 Å². The van der Waals surface area contributed by atoms with Crippen molar-refractivity contribution >= 4 is 11.6 Å². The summed E-state index contributed by atoms with van der Waals surface area (Å²) in [7, 11) is 0. The SMILES string of the molecule is CC(C)(C)NCc1ccn(Cc2ccc(F)c(Cl)c2)c1. The zero-order valence-electron chi connectivity index (χ0n) is 12.1. The van der Waals surface area contributed by atoms with Gasteiger partial charge in [0.15, 0.2) is 0 Å². The lowest BCUT2D eigenvalue weighted by Crippen LogP contribution is -2.34. The summed E-state index contributed by atoms with van der Waals surface area (Å²) < 4.78 is 15.2. The maximum atomic E-state index is 13.1. The maximum absolute atomic E-state index is 13.1. The molecule has 4 heteroatoms. The number of rotatable bonds is 4. The second-order valence-corrected chi connectivity index (χ2v) is 6.45. The van der Waals surface area contributed by atoms with Crippen molar-refractivity contribution in [1.82, 2.24) is 9.88 Å². The van der Waals surface area contributed by atoms with Crippen LogP contribution in [0.1, 0.15) is 31.9 Å². The van der Waals surface area contributed by atoms with Gasteiger partial charge in [-0.25, -0.2) is 4.39 Å². The van der Waals surface area contributed by atoms with E-state index in [4.69, 9.17) is 11.6 Å². The summed E-state index contributed by atoms with van der Waals surface area (Å²) in [5, 5.41) is 3.62. The van der Waals surface area contributed by atoms with Crippen molar-refractivity contribution in [3.05, 3.63) is 58.6 Å². The Balaban J connectivity index is 2.00. The van der Waals surface area contributed by atoms with Crippen molar-refractivity contribution in [2.45, 2.75) is 39.4 Å². The molecule has 2 aromatic rings. The third-order valence-corrected chi connectivity index (χ3v) is 3.27. The zero-order valence-corrected chi connectivity index (χ0v) is 12.8. The summed E-state index contributed by atoms with van der Waals surface area (Å²) in [5.41, 5.74) is 2.32. The Bertz CT molecular complexity index is 584. The third-order valence-electron chi connectivity index (χ3n) is 2.98. The Morgan fingerprint density at radius 2 is 1.95 bits per heavy atom. The van der Waals surface area contributed by atoms with E-state index in [0.29, 0.717) is 6.54 Å². The summed E-state index contributed by atoms with van der Waals surface area (Å²) in [6.45, 7) is 7.95. The van der Waals surface area contributed by atoms with Crippen LogP contribution < -0.4 is 5.32 Å². The van der Waals surface area contributed by atoms with Crippen LogP contribution in [0.5, 0.6) is 0 Å². The van der Waals surface area contributed by atoms with Crippen LogP contribution in [-0.2, 0) is 13.1 Å². The van der Waals surface area contributed by atoms with Crippen LogP contribution in [0.15, 0.2) is 36.7 Å². The predicted molar refractivity (Wildman–Crippen MR) is 81.5 cm³/mol. The highest BCUT2D eigenvalue weighted by molar-refractivity contribution is 6.30. The van der Waals surface area contributed by atoms with Gasteiger partial charge in [0.1, 0.15) is 5.82 Å². The minimum atomic E-state index is -0.377. The summed E-state index contributed by atoms with van der Waals surface area (Å²) in [4.78, 5) is 0. The van der Waals surface area contributed by atoms with Gasteiger partial charge < -0.3 is 9.88 Å². The first-order chi connectivity index (χ1) is 9.33. The number of nitrogens with zero attached hydrogens (tertiary/aromatic N) is 1. The number of nitrogens with one attached hydrogen (secondary N) is 1. The van der Waals surface area contributed by atoms with Crippen LogP contribution in [0, 0.1) is 5.82 Å². The molecule has 0 radical (unpaired) electrons. The van der Waals surface area contributed by atoms with Gasteiger partial charge in [0, 0.05) is 31.0 Å². The molecule has 0 bridgehead atoms. The average molecular weight is 295 g/mol. The minimum Gasteiger partial charge on any atom is -0.350 e. The molecule has 0 saturated carbocycles. The van der Waals surface area contributed by atoms with Crippen LogP contribution in [0.3, 0.4) is 0 Å². The van der Waals surface area contributed by atoms with Gasteiger partial charge in [-0.3, -0.25) is 0 Å². The Hall–Kier alpha value is -1.32. The number of halogens is 2. The Morgan fingerprint density at radius 1 is 1.20 bits per heavy atom. The quantitative estimate of drug-likeness (QED) is 0.893. The lowest BCUT2D eigenvalue weighted by molar-refractivity contribution is 0.424. The van der Waals surface area contributed by atoms with Crippen LogP contribution in [0.2, 0.25) is 5.02 Å². The van der Waals surface area contributed by atoms with Gasteiger partial charge in [-0.1, -0.05) is 17.7 Å². The van der Waals surface area contributed by atoms with E-state index >= 15 is 0 Å². The largest absolute Gasteiger partial charge is 0.350 e. The van der Waals surface area contributed by atoms with Crippen molar-refractivity contribution in [1.29, 1.82) is 0 Å². The fraction of sp³-hybridized carbons (Fsp3) is 0.375. The van der Waals surface area contributed by atoms with Crippen molar-refractivity contribution in [2.24, 2.45) is 0 Å². The molecular formula is C16H20ClFN2. The van der Waals surface area contributed by atoms with Crippen molar-refractivity contribution in [3.63, 3.8) is 0 Å². The standard InChI is InChI=1S/C16H20ClFN2/c1-16(2,3)19-9-13-6-7-20(11-13)10-12-4-5-15(18)14(17)8-12/h4-8,11,19H,9-10H2,1-3H3. The molecule has 0 atom stereocenters. The molecule has 1 aromatic carbocycles. The first-order valence-electron chi connectivity index (χ1n) is 6.67. The number of hydrogen-bond acceptors (Lipinski definition) is 1. The van der Waals surface area contributed by atoms with E-state index in [1.165, 1.54) is 11.6 Å². The molecule has 0 spiro atoms. The molecule has 0 fully saturated rings. The van der Waals surface area contributed by atoms with Gasteiger partial charge in [0.25, 0.3) is 0 Å². The Kier molecular flexibility index (Phi) is 4.51. The van der Waals surface area contributed by atoms with E-state index in [2.05, 4.69) is 42.9 Å². The van der Waals surface area contributed by atoms with Gasteiger partial charge in [-0.15, -0.1) is 0 Å². The molecular weight excluding hydrogens is 275 g/mol. The molecule has 0 aliphatic rings. The van der Waals surface area contributed by atoms with Crippen molar-refractivity contribution < 1.29 is 4.39 Å². The lowest BCUT2D eigenvalue weighted by Gasteiger charge is -2.19. The first-order valence-corrected chi connectivity index (χ1v) is 7.05. The van der Waals surface area contributed by atoms with E-state index < -0.39 is 0 Å². The van der Waals surface area contributed by atoms with Gasteiger partial charge in [-0.2, -0.15) is 0 Å². The lowest BCUT2D eigenvalue weighted by atomic mass is 10.1. The molecule has 20 heavy (non-hydrogen) atoms. The highest BCUT2D eigenvalue weighted by Gasteiger charge is 2.09. The molecule has 0 amide bonds. The van der Waals surface area contributed by atoms with Gasteiger partial charge in [0.05, 0.1) is 5.02 Å². The highest BCUT2D eigenvalue weighted by Crippen LogP contribution is 2.17. The summed E-state index contributed by atoms with van der Waals surface area (Å²) >= 11 is 5.79. The summed E-state index contributed by atoms with van der Waals surface area (Å²) in [6.07, 6.45) is 4.12. The molecule has 0 aliphatic carbocycles. The normalized spacial score (nSPS) is 11.8. The van der Waals surface area contributed by atoms with E-state index in [0.717, 1.165) is 12.1 Å². The molecule has 2 rings (SSSR count). The van der Waals surface area contributed by atoms with Gasteiger partial charge >= 0.3 is 0 Å². The molecule has 1 heterocycles. The van der Waals surface area contributed by atoms with Gasteiger partial charge in [-0.05, 0) is 50.1 Å². The molecule has 1 aromatic heterocycles. The predicted octanol–water partition coefficient (Wildman–Crippen LogP) is 4.22. The topological polar surface area (TPSA) is 17.0 Å². The second-order valence-electron chi connectivity index (χ2n) is 6.04. The third kappa shape index (κ3) is 4.36. The fourth-order valence-electron chi connectivity index (χ4n) is 1.91. The highest BCUT2D eigenvalue weighted by atomic mass is 35.5. The van der Waals surface area contributed by atoms with E-state index in [9.17, 15) is 4.39 Å². The number of hydrogen-bond donors (Lipinski definition) is 1. The average Bonchev–Trinajstić information content (AvgIpc) is 2.78. The minimum absolute atomic E-state index is 0.104. The van der Waals surface area contributed by atoms with E-state index in [1.54, 1.807) is 12.1 Å². The number of benzene rings is 1. The van der Waals surface area contributed by atoms with Gasteiger partial charge in [0.2, 0.25) is 0 Å². The molecule has 0 unspecified atom stereocenters. The Morgan fingerprint density at radius 3 is 2.60 bits per heavy atom. The molecule has 108 valence electrons. The molecule has 1 N–H and O–H groups in total. The summed E-state index contributed by atoms with van der Waals surface area (Å²) in [5.74, 6) is -0.377. The summed E-state index contributed by atoms with van der Waals surface area (Å²) in [6, 6.07) is 6.92. The van der Waals surface area contributed by atoms with Crippen LogP contribution >= 0.6 is 11.6 Å². The van der Waals surface area contributed by atoms with Crippen molar-refractivity contribution in [3.8, 4) is 0 Å². The fourth-order valence-corrected chi connectivity index (χ4v) is 2.11. The van der Waals surface area contributed by atoms with Crippen LogP contribution in [0.4, 0.5) is 4.39 Å². The zero-order chi connectivity index (χ0) is 14.8. The second kappa shape index (κ2) is 5.98. The maximum Gasteiger partial charge on any atom is 0.141 e. The van der Waals surface area contributed by atoms with Crippen molar-refractivity contribution in [2.75, 3.05) is 0 Å². The number of aromatic nitrogens is 1. The van der Waals surface area contributed by atoms with E-state index in [1.807, 2.05) is 6.20 Å². The first kappa shape index (κ1) is 15.1.